The first kappa shape index (κ1) is 24.2. The molecular weight excluding hydrogens is 456 g/mol. The van der Waals surface area contributed by atoms with Gasteiger partial charge in [-0.05, 0) is 55.9 Å². The number of fused-ring (bicyclic) bond motifs is 1. The van der Waals surface area contributed by atoms with E-state index in [-0.39, 0.29) is 11.8 Å². The minimum atomic E-state index is -0.686. The number of benzene rings is 1. The van der Waals surface area contributed by atoms with E-state index in [1.807, 2.05) is 47.2 Å². The molecule has 0 bridgehead atoms. The van der Waals surface area contributed by atoms with Crippen molar-refractivity contribution in [1.82, 2.24) is 9.88 Å². The van der Waals surface area contributed by atoms with Gasteiger partial charge in [-0.3, -0.25) is 4.79 Å². The van der Waals surface area contributed by atoms with Gasteiger partial charge in [-0.15, -0.1) is 0 Å². The lowest BCUT2D eigenvalue weighted by atomic mass is 9.81. The van der Waals surface area contributed by atoms with Crippen molar-refractivity contribution in [2.75, 3.05) is 61.6 Å². The lowest BCUT2D eigenvalue weighted by Gasteiger charge is -2.39. The second-order valence-electron chi connectivity index (χ2n) is 10.0. The second kappa shape index (κ2) is 10.2. The molecule has 1 aromatic carbocycles. The summed E-state index contributed by atoms with van der Waals surface area (Å²) in [5.41, 5.74) is 3.41. The van der Waals surface area contributed by atoms with Gasteiger partial charge in [-0.25, -0.2) is 4.98 Å². The summed E-state index contributed by atoms with van der Waals surface area (Å²) < 4.78 is 5.40. The van der Waals surface area contributed by atoms with Gasteiger partial charge in [-0.2, -0.15) is 5.26 Å². The van der Waals surface area contributed by atoms with E-state index in [9.17, 15) is 9.90 Å². The molecule has 36 heavy (non-hydrogen) atoms. The molecule has 190 valence electrons. The number of aliphatic hydroxyl groups is 1. The summed E-state index contributed by atoms with van der Waals surface area (Å²) in [7, 11) is 3.56. The number of hydrogen-bond acceptors (Lipinski definition) is 8. The van der Waals surface area contributed by atoms with Crippen LogP contribution in [-0.4, -0.2) is 74.1 Å². The molecule has 1 aromatic heterocycles. The number of aromatic nitrogens is 1. The molecule has 1 unspecified atom stereocenters. The largest absolute Gasteiger partial charge is 0.497 e. The van der Waals surface area contributed by atoms with E-state index in [4.69, 9.17) is 10.00 Å². The first-order valence-electron chi connectivity index (χ1n) is 12.7. The Hall–Kier alpha value is -3.51. The summed E-state index contributed by atoms with van der Waals surface area (Å²) in [6, 6.07) is 11.6. The number of nitriles is 1. The van der Waals surface area contributed by atoms with Crippen molar-refractivity contribution in [1.29, 1.82) is 5.26 Å². The summed E-state index contributed by atoms with van der Waals surface area (Å²) in [6.07, 6.45) is 4.82. The van der Waals surface area contributed by atoms with Crippen LogP contribution in [-0.2, 0) is 4.79 Å². The number of rotatable bonds is 5. The normalized spacial score (nSPS) is 23.9. The van der Waals surface area contributed by atoms with E-state index in [1.165, 1.54) is 0 Å². The highest BCUT2D eigenvalue weighted by molar-refractivity contribution is 5.79. The maximum atomic E-state index is 13.2. The van der Waals surface area contributed by atoms with Crippen molar-refractivity contribution in [3.8, 4) is 11.8 Å². The second-order valence-corrected chi connectivity index (χ2v) is 10.0. The zero-order chi connectivity index (χ0) is 25.2. The van der Waals surface area contributed by atoms with Gasteiger partial charge in [-0.1, -0.05) is 0 Å². The molecule has 1 atom stereocenters. The Labute approximate surface area is 212 Å². The number of anilines is 3. The van der Waals surface area contributed by atoms with Crippen molar-refractivity contribution < 1.29 is 14.6 Å². The number of carbonyl (C=O) groups excluding carboxylic acids is 1. The average molecular weight is 491 g/mol. The van der Waals surface area contributed by atoms with Crippen LogP contribution in [0.4, 0.5) is 17.1 Å². The fourth-order valence-corrected chi connectivity index (χ4v) is 5.76. The summed E-state index contributed by atoms with van der Waals surface area (Å²) >= 11 is 0. The third kappa shape index (κ3) is 4.65. The Bertz CT molecular complexity index is 1120. The van der Waals surface area contributed by atoms with E-state index < -0.39 is 6.35 Å². The zero-order valence-corrected chi connectivity index (χ0v) is 21.0. The number of pyridine rings is 1. The minimum absolute atomic E-state index is 0.0861. The highest BCUT2D eigenvalue weighted by Crippen LogP contribution is 2.42. The van der Waals surface area contributed by atoms with Crippen LogP contribution in [0.3, 0.4) is 0 Å². The van der Waals surface area contributed by atoms with Gasteiger partial charge in [0.15, 0.2) is 0 Å². The first-order valence-corrected chi connectivity index (χ1v) is 12.7. The molecule has 1 amide bonds. The predicted molar refractivity (Wildman–Crippen MR) is 138 cm³/mol. The average Bonchev–Trinajstić information content (AvgIpc) is 3.17. The molecule has 3 aliphatic rings. The van der Waals surface area contributed by atoms with Crippen LogP contribution in [0.2, 0.25) is 0 Å². The number of carbonyl (C=O) groups is 1. The standard InChI is InChI=1S/C27H34N6O3/c1-30-24-10-9-23(36-2)15-25(24)33(27(30)35)18-19-3-5-20(6-4-19)26(34)32-13-11-31(12-14-32)22-8-7-21(16-28)29-17-22/h7-10,15,17,19-20,27,35H,3-6,11-14,18H2,1-2H3. The fraction of sp³-hybridized carbons (Fsp3) is 0.519. The van der Waals surface area contributed by atoms with E-state index in [1.54, 1.807) is 19.4 Å². The summed E-state index contributed by atoms with van der Waals surface area (Å²) in [4.78, 5) is 25.6. The molecule has 2 fully saturated rings. The molecule has 1 aliphatic carbocycles. The molecule has 0 spiro atoms. The molecule has 5 rings (SSSR count). The molecule has 1 saturated heterocycles. The molecule has 1 N–H and O–H groups in total. The maximum absolute atomic E-state index is 13.2. The molecule has 0 radical (unpaired) electrons. The summed E-state index contributed by atoms with van der Waals surface area (Å²) in [6.45, 7) is 3.74. The van der Waals surface area contributed by atoms with Crippen molar-refractivity contribution in [2.24, 2.45) is 11.8 Å². The van der Waals surface area contributed by atoms with Crippen LogP contribution >= 0.6 is 0 Å². The Morgan fingerprint density at radius 1 is 1.11 bits per heavy atom. The lowest BCUT2D eigenvalue weighted by molar-refractivity contribution is -0.137. The number of nitrogens with zero attached hydrogens (tertiary/aromatic N) is 6. The van der Waals surface area contributed by atoms with Crippen LogP contribution in [0.25, 0.3) is 0 Å². The van der Waals surface area contributed by atoms with Crippen molar-refractivity contribution in [3.05, 3.63) is 42.2 Å². The highest BCUT2D eigenvalue weighted by atomic mass is 16.5. The number of amides is 1. The van der Waals surface area contributed by atoms with E-state index in [0.717, 1.165) is 68.1 Å². The Kier molecular flexibility index (Phi) is 6.88. The number of hydrogen-bond donors (Lipinski definition) is 1. The van der Waals surface area contributed by atoms with Gasteiger partial charge in [0, 0.05) is 51.8 Å². The van der Waals surface area contributed by atoms with Crippen LogP contribution < -0.4 is 19.4 Å². The quantitative estimate of drug-likeness (QED) is 0.684. The van der Waals surface area contributed by atoms with E-state index in [0.29, 0.717) is 24.7 Å². The molecule has 2 aliphatic heterocycles. The van der Waals surface area contributed by atoms with E-state index in [2.05, 4.69) is 14.8 Å². The SMILES string of the molecule is COc1ccc2c(c1)N(CC1CCC(C(=O)N3CCN(c4ccc(C#N)nc4)CC3)CC1)C(O)N2C. The fourth-order valence-electron chi connectivity index (χ4n) is 5.76. The van der Waals surface area contributed by atoms with Crippen molar-refractivity contribution in [2.45, 2.75) is 32.0 Å². The molecule has 3 heterocycles. The van der Waals surface area contributed by atoms with E-state index >= 15 is 0 Å². The van der Waals surface area contributed by atoms with Gasteiger partial charge < -0.3 is 29.4 Å². The van der Waals surface area contributed by atoms with Crippen molar-refractivity contribution >= 4 is 23.0 Å². The monoisotopic (exact) mass is 490 g/mol. The smallest absolute Gasteiger partial charge is 0.225 e. The Balaban J connectivity index is 1.12. The first-order chi connectivity index (χ1) is 17.5. The molecular formula is C27H34N6O3. The van der Waals surface area contributed by atoms with Gasteiger partial charge in [0.25, 0.3) is 0 Å². The molecule has 9 heteroatoms. The zero-order valence-electron chi connectivity index (χ0n) is 21.0. The summed E-state index contributed by atoms with van der Waals surface area (Å²) in [5.74, 6) is 1.59. The number of aliphatic hydroxyl groups excluding tert-OH is 1. The molecule has 2 aromatic rings. The van der Waals surface area contributed by atoms with Crippen LogP contribution in [0.5, 0.6) is 5.75 Å². The number of methoxy groups -OCH3 is 1. The Morgan fingerprint density at radius 3 is 2.50 bits per heavy atom. The van der Waals surface area contributed by atoms with Gasteiger partial charge in [0.1, 0.15) is 17.5 Å². The topological polar surface area (TPSA) is 96.2 Å². The van der Waals surface area contributed by atoms with Crippen LogP contribution in [0.15, 0.2) is 36.5 Å². The Morgan fingerprint density at radius 2 is 1.86 bits per heavy atom. The lowest BCUT2D eigenvalue weighted by Crippen LogP contribution is -2.51. The van der Waals surface area contributed by atoms with Crippen LogP contribution in [0.1, 0.15) is 31.4 Å². The third-order valence-corrected chi connectivity index (χ3v) is 7.97. The summed E-state index contributed by atoms with van der Waals surface area (Å²) in [5, 5.41) is 19.8. The molecule has 9 nitrogen and oxygen atoms in total. The number of piperazine rings is 1. The minimum Gasteiger partial charge on any atom is -0.497 e. The van der Waals surface area contributed by atoms with Gasteiger partial charge in [0.2, 0.25) is 12.3 Å². The van der Waals surface area contributed by atoms with Crippen LogP contribution in [0, 0.1) is 23.2 Å². The predicted octanol–water partition coefficient (Wildman–Crippen LogP) is 2.65. The van der Waals surface area contributed by atoms with Crippen molar-refractivity contribution in [3.63, 3.8) is 0 Å². The third-order valence-electron chi connectivity index (χ3n) is 7.97. The maximum Gasteiger partial charge on any atom is 0.225 e. The highest BCUT2D eigenvalue weighted by Gasteiger charge is 2.36. The number of ether oxygens (including phenoxy) is 1. The van der Waals surface area contributed by atoms with Gasteiger partial charge >= 0.3 is 0 Å². The molecule has 1 saturated carbocycles. The van der Waals surface area contributed by atoms with Gasteiger partial charge in [0.05, 0.1) is 30.4 Å².